The van der Waals surface area contributed by atoms with Crippen molar-refractivity contribution in [2.75, 3.05) is 13.4 Å². The molecule has 3 aromatic carbocycles. The Morgan fingerprint density at radius 3 is 2.27 bits per heavy atom. The van der Waals surface area contributed by atoms with E-state index in [1.807, 2.05) is 36.4 Å². The quantitative estimate of drug-likeness (QED) is 0.498. The van der Waals surface area contributed by atoms with Crippen LogP contribution in [0.15, 0.2) is 64.0 Å². The molecule has 0 saturated heterocycles. The molecule has 134 valence electrons. The van der Waals surface area contributed by atoms with E-state index in [2.05, 4.69) is 48.0 Å². The van der Waals surface area contributed by atoms with Gasteiger partial charge in [0.15, 0.2) is 0 Å². The van der Waals surface area contributed by atoms with Crippen molar-refractivity contribution in [3.8, 4) is 28.0 Å². The highest BCUT2D eigenvalue weighted by Gasteiger charge is 2.20. The van der Waals surface area contributed by atoms with Crippen LogP contribution in [0, 0.1) is 13.8 Å². The minimum Gasteiger partial charge on any atom is -0.496 e. The minimum absolute atomic E-state index is 0.809. The first-order valence-corrected chi connectivity index (χ1v) is 10.7. The van der Waals surface area contributed by atoms with Crippen molar-refractivity contribution in [2.24, 2.45) is 0 Å². The largest absolute Gasteiger partial charge is 0.496 e. The van der Waals surface area contributed by atoms with E-state index in [-0.39, 0.29) is 0 Å². The van der Waals surface area contributed by atoms with Gasteiger partial charge in [-0.2, -0.15) is 0 Å². The molecule has 0 heterocycles. The summed E-state index contributed by atoms with van der Waals surface area (Å²) < 4.78 is 19.1. The molecule has 3 rings (SSSR count). The van der Waals surface area contributed by atoms with E-state index in [0.29, 0.717) is 0 Å². The molecule has 26 heavy (non-hydrogen) atoms. The van der Waals surface area contributed by atoms with Crippen LogP contribution in [0.5, 0.6) is 5.75 Å². The molecule has 0 radical (unpaired) electrons. The second-order valence-corrected chi connectivity index (χ2v) is 8.51. The highest BCUT2D eigenvalue weighted by molar-refractivity contribution is 9.10. The Balaban J connectivity index is 2.45. The van der Waals surface area contributed by atoms with Crippen LogP contribution in [-0.2, 0) is 10.8 Å². The third-order valence-corrected chi connectivity index (χ3v) is 6.00. The number of hydrogen-bond donors (Lipinski definition) is 0. The highest BCUT2D eigenvalue weighted by Crippen LogP contribution is 2.44. The molecule has 4 heteroatoms. The Kier molecular flexibility index (Phi) is 5.64. The first-order chi connectivity index (χ1) is 12.4. The summed E-state index contributed by atoms with van der Waals surface area (Å²) in [6, 6.07) is 18.2. The molecule has 3 aromatic rings. The Labute approximate surface area is 165 Å². The van der Waals surface area contributed by atoms with Gasteiger partial charge in [0.2, 0.25) is 0 Å². The second-order valence-electron chi connectivity index (χ2n) is 6.24. The van der Waals surface area contributed by atoms with Gasteiger partial charge < -0.3 is 4.74 Å². The minimum atomic E-state index is -1.08. The van der Waals surface area contributed by atoms with Crippen molar-refractivity contribution in [1.82, 2.24) is 0 Å². The fourth-order valence-corrected chi connectivity index (χ4v) is 4.37. The van der Waals surface area contributed by atoms with Gasteiger partial charge in [-0.05, 0) is 65.9 Å². The zero-order chi connectivity index (χ0) is 18.8. The van der Waals surface area contributed by atoms with Gasteiger partial charge in [-0.25, -0.2) is 0 Å². The summed E-state index contributed by atoms with van der Waals surface area (Å²) >= 11 is 3.59. The molecule has 0 saturated carbocycles. The van der Waals surface area contributed by atoms with E-state index in [1.165, 1.54) is 0 Å². The molecule has 1 atom stereocenters. The maximum absolute atomic E-state index is 12.3. The molecule has 0 bridgehead atoms. The Bertz CT molecular complexity index is 995. The number of methoxy groups -OCH3 is 1. The standard InChI is InChI=1S/C22H21BrO2S/c1-14-9-11-16(23)13-18(14)22-19(25-3)12-10-15(2)21(22)17-7-5-6-8-20(17)26(4)24/h5-13H,1-4H3/t26-/m0/s1. The Morgan fingerprint density at radius 1 is 0.885 bits per heavy atom. The number of rotatable bonds is 4. The lowest BCUT2D eigenvalue weighted by Gasteiger charge is -2.20. The van der Waals surface area contributed by atoms with E-state index in [1.54, 1.807) is 13.4 Å². The SMILES string of the molecule is COc1ccc(C)c(-c2ccccc2[S@](C)=O)c1-c1cc(Br)ccc1C. The van der Waals surface area contributed by atoms with Crippen LogP contribution in [0.3, 0.4) is 0 Å². The third kappa shape index (κ3) is 3.49. The zero-order valence-electron chi connectivity index (χ0n) is 15.3. The summed E-state index contributed by atoms with van der Waals surface area (Å²) in [6.45, 7) is 4.18. The van der Waals surface area contributed by atoms with Gasteiger partial charge in [0.25, 0.3) is 0 Å². The Hall–Kier alpha value is -1.91. The first kappa shape index (κ1) is 18.9. The van der Waals surface area contributed by atoms with Gasteiger partial charge in [0.05, 0.1) is 17.9 Å². The van der Waals surface area contributed by atoms with E-state index in [0.717, 1.165) is 48.5 Å². The monoisotopic (exact) mass is 428 g/mol. The van der Waals surface area contributed by atoms with E-state index in [9.17, 15) is 4.21 Å². The van der Waals surface area contributed by atoms with Gasteiger partial charge in [-0.15, -0.1) is 0 Å². The normalized spacial score (nSPS) is 12.0. The summed E-state index contributed by atoms with van der Waals surface area (Å²) in [7, 11) is 0.607. The van der Waals surface area contributed by atoms with E-state index in [4.69, 9.17) is 4.74 Å². The summed E-state index contributed by atoms with van der Waals surface area (Å²) in [5.74, 6) is 0.809. The second kappa shape index (κ2) is 7.77. The van der Waals surface area contributed by atoms with E-state index >= 15 is 0 Å². The van der Waals surface area contributed by atoms with Crippen molar-refractivity contribution in [3.63, 3.8) is 0 Å². The molecular formula is C22H21BrO2S. The van der Waals surface area contributed by atoms with Crippen LogP contribution < -0.4 is 4.74 Å². The van der Waals surface area contributed by atoms with Crippen LogP contribution in [0.1, 0.15) is 11.1 Å². The van der Waals surface area contributed by atoms with Crippen molar-refractivity contribution in [1.29, 1.82) is 0 Å². The Morgan fingerprint density at radius 2 is 1.58 bits per heavy atom. The molecule has 0 fully saturated rings. The number of aryl methyl sites for hydroxylation is 2. The summed E-state index contributed by atoms with van der Waals surface area (Å²) in [5, 5.41) is 0. The van der Waals surface area contributed by atoms with Crippen LogP contribution in [0.2, 0.25) is 0 Å². The fraction of sp³-hybridized carbons (Fsp3) is 0.182. The van der Waals surface area contributed by atoms with Crippen molar-refractivity contribution >= 4 is 26.7 Å². The summed E-state index contributed by atoms with van der Waals surface area (Å²) in [5.41, 5.74) is 6.47. The molecule has 0 unspecified atom stereocenters. The third-order valence-electron chi connectivity index (χ3n) is 4.53. The molecule has 0 aromatic heterocycles. The zero-order valence-corrected chi connectivity index (χ0v) is 17.7. The molecule has 2 nitrogen and oxygen atoms in total. The lowest BCUT2D eigenvalue weighted by Crippen LogP contribution is -1.99. The smallest absolute Gasteiger partial charge is 0.127 e. The lowest BCUT2D eigenvalue weighted by atomic mass is 9.88. The van der Waals surface area contributed by atoms with Crippen LogP contribution in [0.4, 0.5) is 0 Å². The number of halogens is 1. The van der Waals surface area contributed by atoms with Gasteiger partial charge in [-0.3, -0.25) is 4.21 Å². The maximum Gasteiger partial charge on any atom is 0.127 e. The molecule has 0 aliphatic carbocycles. The van der Waals surface area contributed by atoms with Gasteiger partial charge in [0, 0.05) is 21.2 Å². The molecule has 0 aliphatic rings. The average molecular weight is 429 g/mol. The molecule has 0 N–H and O–H groups in total. The molecule has 0 aliphatic heterocycles. The van der Waals surface area contributed by atoms with Gasteiger partial charge in [0.1, 0.15) is 5.75 Å². The van der Waals surface area contributed by atoms with Crippen LogP contribution >= 0.6 is 15.9 Å². The summed E-state index contributed by atoms with van der Waals surface area (Å²) in [6.07, 6.45) is 1.72. The fourth-order valence-electron chi connectivity index (χ4n) is 3.26. The topological polar surface area (TPSA) is 26.3 Å². The van der Waals surface area contributed by atoms with Gasteiger partial charge >= 0.3 is 0 Å². The summed E-state index contributed by atoms with van der Waals surface area (Å²) in [4.78, 5) is 0.831. The molecule has 0 amide bonds. The van der Waals surface area contributed by atoms with Crippen molar-refractivity contribution < 1.29 is 8.95 Å². The molecular weight excluding hydrogens is 408 g/mol. The number of ether oxygens (including phenoxy) is 1. The van der Waals surface area contributed by atoms with Crippen molar-refractivity contribution in [3.05, 3.63) is 70.2 Å². The average Bonchev–Trinajstić information content (AvgIpc) is 2.63. The van der Waals surface area contributed by atoms with Crippen molar-refractivity contribution in [2.45, 2.75) is 18.7 Å². The number of hydrogen-bond acceptors (Lipinski definition) is 2. The highest BCUT2D eigenvalue weighted by atomic mass is 79.9. The van der Waals surface area contributed by atoms with Crippen LogP contribution in [0.25, 0.3) is 22.3 Å². The lowest BCUT2D eigenvalue weighted by molar-refractivity contribution is 0.416. The predicted octanol–water partition coefficient (Wildman–Crippen LogP) is 6.15. The predicted molar refractivity (Wildman–Crippen MR) is 113 cm³/mol. The maximum atomic E-state index is 12.3. The van der Waals surface area contributed by atoms with Crippen LogP contribution in [-0.4, -0.2) is 17.6 Å². The van der Waals surface area contributed by atoms with E-state index < -0.39 is 10.8 Å². The first-order valence-electron chi connectivity index (χ1n) is 8.31. The molecule has 0 spiro atoms. The number of benzene rings is 3. The van der Waals surface area contributed by atoms with Gasteiger partial charge in [-0.1, -0.05) is 46.3 Å².